The van der Waals surface area contributed by atoms with E-state index in [4.69, 9.17) is 4.42 Å². The van der Waals surface area contributed by atoms with Gasteiger partial charge < -0.3 is 9.73 Å². The van der Waals surface area contributed by atoms with Gasteiger partial charge in [0.25, 0.3) is 0 Å². The highest BCUT2D eigenvalue weighted by Gasteiger charge is 2.10. The second-order valence-corrected chi connectivity index (χ2v) is 5.03. The maximum Gasteiger partial charge on any atom is 0.118 e. The average molecular weight is 238 g/mol. The molecular weight excluding hydrogens is 212 g/mol. The standard InChI is InChI=1S/C14H26N2O/c1-6-11(2)9-16(5)10-14-7-13(8-15-4)12(3)17-14/h7,11,15H,6,8-10H2,1-5H3. The van der Waals surface area contributed by atoms with Crippen LogP contribution in [0.4, 0.5) is 0 Å². The molecule has 1 N–H and O–H groups in total. The van der Waals surface area contributed by atoms with Crippen LogP contribution in [0, 0.1) is 12.8 Å². The van der Waals surface area contributed by atoms with Gasteiger partial charge in [0.05, 0.1) is 6.54 Å². The Kier molecular flexibility index (Phi) is 5.72. The van der Waals surface area contributed by atoms with Crippen LogP contribution in [0.2, 0.25) is 0 Å². The first kappa shape index (κ1) is 14.3. The molecule has 1 heterocycles. The molecule has 0 aromatic carbocycles. The van der Waals surface area contributed by atoms with Gasteiger partial charge in [-0.1, -0.05) is 20.3 Å². The Morgan fingerprint density at radius 1 is 1.47 bits per heavy atom. The first-order valence-corrected chi connectivity index (χ1v) is 6.48. The van der Waals surface area contributed by atoms with E-state index in [0.29, 0.717) is 0 Å². The minimum absolute atomic E-state index is 0.743. The van der Waals surface area contributed by atoms with Gasteiger partial charge in [0.1, 0.15) is 11.5 Å². The van der Waals surface area contributed by atoms with E-state index in [0.717, 1.165) is 37.1 Å². The second-order valence-electron chi connectivity index (χ2n) is 5.03. The molecule has 1 aromatic rings. The van der Waals surface area contributed by atoms with E-state index < -0.39 is 0 Å². The number of hydrogen-bond donors (Lipinski definition) is 1. The molecule has 0 spiro atoms. The Morgan fingerprint density at radius 3 is 2.76 bits per heavy atom. The predicted molar refractivity (Wildman–Crippen MR) is 72.0 cm³/mol. The fourth-order valence-electron chi connectivity index (χ4n) is 2.02. The van der Waals surface area contributed by atoms with Crippen LogP contribution in [0.5, 0.6) is 0 Å². The third-order valence-electron chi connectivity index (χ3n) is 3.18. The molecule has 0 saturated carbocycles. The van der Waals surface area contributed by atoms with E-state index in [-0.39, 0.29) is 0 Å². The van der Waals surface area contributed by atoms with Crippen molar-refractivity contribution in [3.8, 4) is 0 Å². The number of aryl methyl sites for hydroxylation is 1. The Balaban J connectivity index is 2.53. The molecule has 17 heavy (non-hydrogen) atoms. The number of nitrogens with zero attached hydrogens (tertiary/aromatic N) is 1. The number of nitrogens with one attached hydrogen (secondary N) is 1. The lowest BCUT2D eigenvalue weighted by atomic mass is 10.1. The molecule has 1 rings (SSSR count). The number of furan rings is 1. The molecular formula is C14H26N2O. The Morgan fingerprint density at radius 2 is 2.18 bits per heavy atom. The molecule has 3 nitrogen and oxygen atoms in total. The van der Waals surface area contributed by atoms with Gasteiger partial charge in [-0.25, -0.2) is 0 Å². The molecule has 1 unspecified atom stereocenters. The summed E-state index contributed by atoms with van der Waals surface area (Å²) in [5.41, 5.74) is 1.26. The molecule has 1 aromatic heterocycles. The van der Waals surface area contributed by atoms with Crippen LogP contribution in [0.3, 0.4) is 0 Å². The van der Waals surface area contributed by atoms with Crippen molar-refractivity contribution < 1.29 is 4.42 Å². The van der Waals surface area contributed by atoms with Crippen molar-refractivity contribution in [2.75, 3.05) is 20.6 Å². The summed E-state index contributed by atoms with van der Waals surface area (Å²) in [6.07, 6.45) is 1.23. The largest absolute Gasteiger partial charge is 0.465 e. The zero-order chi connectivity index (χ0) is 12.8. The molecule has 0 saturated heterocycles. The van der Waals surface area contributed by atoms with E-state index in [2.05, 4.69) is 37.2 Å². The van der Waals surface area contributed by atoms with Crippen molar-refractivity contribution >= 4 is 0 Å². The lowest BCUT2D eigenvalue weighted by Crippen LogP contribution is -2.23. The summed E-state index contributed by atoms with van der Waals surface area (Å²) in [5.74, 6) is 2.85. The topological polar surface area (TPSA) is 28.4 Å². The molecule has 0 amide bonds. The van der Waals surface area contributed by atoms with Crippen molar-refractivity contribution in [3.05, 3.63) is 23.2 Å². The third-order valence-corrected chi connectivity index (χ3v) is 3.18. The molecule has 98 valence electrons. The lowest BCUT2D eigenvalue weighted by molar-refractivity contribution is 0.253. The molecule has 3 heteroatoms. The van der Waals surface area contributed by atoms with Gasteiger partial charge in [-0.2, -0.15) is 0 Å². The van der Waals surface area contributed by atoms with E-state index in [1.54, 1.807) is 0 Å². The molecule has 1 atom stereocenters. The smallest absolute Gasteiger partial charge is 0.118 e. The minimum Gasteiger partial charge on any atom is -0.465 e. The quantitative estimate of drug-likeness (QED) is 0.792. The number of hydrogen-bond acceptors (Lipinski definition) is 3. The van der Waals surface area contributed by atoms with E-state index in [1.165, 1.54) is 12.0 Å². The fourth-order valence-corrected chi connectivity index (χ4v) is 2.02. The van der Waals surface area contributed by atoms with Crippen molar-refractivity contribution in [3.63, 3.8) is 0 Å². The van der Waals surface area contributed by atoms with E-state index >= 15 is 0 Å². The Bertz CT molecular complexity index is 333. The van der Waals surface area contributed by atoms with E-state index in [9.17, 15) is 0 Å². The van der Waals surface area contributed by atoms with Crippen molar-refractivity contribution in [2.24, 2.45) is 5.92 Å². The summed E-state index contributed by atoms with van der Waals surface area (Å²) in [6.45, 7) is 9.46. The molecule has 0 fully saturated rings. The molecule has 0 bridgehead atoms. The van der Waals surface area contributed by atoms with Gasteiger partial charge in [0.15, 0.2) is 0 Å². The van der Waals surface area contributed by atoms with Gasteiger partial charge in [-0.15, -0.1) is 0 Å². The summed E-state index contributed by atoms with van der Waals surface area (Å²) in [5, 5.41) is 3.16. The highest BCUT2D eigenvalue weighted by atomic mass is 16.3. The summed E-state index contributed by atoms with van der Waals surface area (Å²) in [7, 11) is 4.11. The molecule has 0 aliphatic rings. The summed E-state index contributed by atoms with van der Waals surface area (Å²) in [6, 6.07) is 2.17. The summed E-state index contributed by atoms with van der Waals surface area (Å²) >= 11 is 0. The molecule has 0 aliphatic carbocycles. The zero-order valence-electron chi connectivity index (χ0n) is 11.8. The fraction of sp³-hybridized carbons (Fsp3) is 0.714. The van der Waals surface area contributed by atoms with Crippen molar-refractivity contribution in [1.29, 1.82) is 0 Å². The first-order valence-electron chi connectivity index (χ1n) is 6.48. The summed E-state index contributed by atoms with van der Waals surface area (Å²) in [4.78, 5) is 2.33. The lowest BCUT2D eigenvalue weighted by Gasteiger charge is -2.18. The Labute approximate surface area is 105 Å². The van der Waals surface area contributed by atoms with Gasteiger partial charge in [-0.3, -0.25) is 4.90 Å². The van der Waals surface area contributed by atoms with Gasteiger partial charge in [-0.05, 0) is 33.0 Å². The van der Waals surface area contributed by atoms with Gasteiger partial charge in [0.2, 0.25) is 0 Å². The first-order chi connectivity index (χ1) is 8.06. The normalized spacial score (nSPS) is 13.3. The highest BCUT2D eigenvalue weighted by Crippen LogP contribution is 2.16. The monoisotopic (exact) mass is 238 g/mol. The van der Waals surface area contributed by atoms with Crippen LogP contribution in [0.1, 0.15) is 37.4 Å². The maximum absolute atomic E-state index is 5.77. The third kappa shape index (κ3) is 4.52. The minimum atomic E-state index is 0.743. The van der Waals surface area contributed by atoms with Crippen LogP contribution < -0.4 is 5.32 Å². The van der Waals surface area contributed by atoms with Crippen LogP contribution in [-0.4, -0.2) is 25.5 Å². The van der Waals surface area contributed by atoms with Crippen LogP contribution in [0.25, 0.3) is 0 Å². The molecule has 0 aliphatic heterocycles. The van der Waals surface area contributed by atoms with Crippen LogP contribution >= 0.6 is 0 Å². The van der Waals surface area contributed by atoms with Gasteiger partial charge in [0, 0.05) is 18.7 Å². The Hall–Kier alpha value is -0.800. The highest BCUT2D eigenvalue weighted by molar-refractivity contribution is 5.20. The van der Waals surface area contributed by atoms with E-state index in [1.807, 2.05) is 14.0 Å². The average Bonchev–Trinajstić information content (AvgIpc) is 2.59. The van der Waals surface area contributed by atoms with Crippen LogP contribution in [-0.2, 0) is 13.1 Å². The predicted octanol–water partition coefficient (Wildman–Crippen LogP) is 2.79. The molecule has 0 radical (unpaired) electrons. The number of rotatable bonds is 7. The maximum atomic E-state index is 5.77. The van der Waals surface area contributed by atoms with Crippen molar-refractivity contribution in [2.45, 2.75) is 40.3 Å². The SMILES string of the molecule is CCC(C)CN(C)Cc1cc(CNC)c(C)o1. The van der Waals surface area contributed by atoms with Crippen molar-refractivity contribution in [1.82, 2.24) is 10.2 Å². The van der Waals surface area contributed by atoms with Crippen LogP contribution in [0.15, 0.2) is 10.5 Å². The second kappa shape index (κ2) is 6.82. The van der Waals surface area contributed by atoms with Gasteiger partial charge >= 0.3 is 0 Å². The summed E-state index contributed by atoms with van der Waals surface area (Å²) < 4.78 is 5.77. The zero-order valence-corrected chi connectivity index (χ0v) is 11.8.